The highest BCUT2D eigenvalue weighted by atomic mass is 35.5. The van der Waals surface area contributed by atoms with Gasteiger partial charge in [-0.1, -0.05) is 23.7 Å². The fourth-order valence-electron chi connectivity index (χ4n) is 2.26. The second-order valence-electron chi connectivity index (χ2n) is 4.76. The lowest BCUT2D eigenvalue weighted by Crippen LogP contribution is -2.20. The van der Waals surface area contributed by atoms with Gasteiger partial charge < -0.3 is 0 Å². The number of hydrogen-bond donors (Lipinski definition) is 1. The number of alkyl halides is 3. The van der Waals surface area contributed by atoms with Gasteiger partial charge in [0.2, 0.25) is 0 Å². The van der Waals surface area contributed by atoms with Crippen LogP contribution in [0.3, 0.4) is 0 Å². The van der Waals surface area contributed by atoms with Gasteiger partial charge in [0.05, 0.1) is 0 Å². The molecule has 1 aromatic carbocycles. The van der Waals surface area contributed by atoms with Crippen molar-refractivity contribution in [1.29, 1.82) is 0 Å². The van der Waals surface area contributed by atoms with Crippen LogP contribution in [0.25, 0.3) is 16.8 Å². The predicted molar refractivity (Wildman–Crippen MR) is 76.0 cm³/mol. The zero-order valence-corrected chi connectivity index (χ0v) is 12.0. The monoisotopic (exact) mass is 327 g/mol. The summed E-state index contributed by atoms with van der Waals surface area (Å²) in [5.41, 5.74) is -0.523. The molecule has 8 heteroatoms. The zero-order valence-electron chi connectivity index (χ0n) is 11.2. The third-order valence-electron chi connectivity index (χ3n) is 3.22. The highest BCUT2D eigenvalue weighted by molar-refractivity contribution is 6.30. The average Bonchev–Trinajstić information content (AvgIpc) is 2.76. The van der Waals surface area contributed by atoms with E-state index in [2.05, 4.69) is 10.1 Å². The second kappa shape index (κ2) is 4.88. The van der Waals surface area contributed by atoms with Crippen LogP contribution in [0, 0.1) is 6.92 Å². The number of H-pyrrole nitrogens is 1. The van der Waals surface area contributed by atoms with Crippen molar-refractivity contribution in [2.24, 2.45) is 0 Å². The molecule has 0 amide bonds. The summed E-state index contributed by atoms with van der Waals surface area (Å²) in [6.07, 6.45) is -4.68. The number of hydrogen-bond acceptors (Lipinski definition) is 2. The molecule has 0 bridgehead atoms. The zero-order chi connectivity index (χ0) is 16.1. The van der Waals surface area contributed by atoms with Gasteiger partial charge in [0, 0.05) is 22.3 Å². The Bertz CT molecular complexity index is 910. The summed E-state index contributed by atoms with van der Waals surface area (Å²) in [5.74, 6) is 0. The molecule has 2 heterocycles. The number of rotatable bonds is 1. The van der Waals surface area contributed by atoms with Crippen molar-refractivity contribution in [3.8, 4) is 11.1 Å². The van der Waals surface area contributed by atoms with Crippen molar-refractivity contribution in [1.82, 2.24) is 14.6 Å². The molecule has 4 nitrogen and oxygen atoms in total. The van der Waals surface area contributed by atoms with Gasteiger partial charge in [0.15, 0.2) is 11.3 Å². The van der Waals surface area contributed by atoms with Gasteiger partial charge in [-0.25, -0.2) is 9.50 Å². The molecule has 0 fully saturated rings. The summed E-state index contributed by atoms with van der Waals surface area (Å²) >= 11 is 5.81. The molecule has 0 radical (unpaired) electrons. The van der Waals surface area contributed by atoms with E-state index in [0.717, 1.165) is 4.52 Å². The van der Waals surface area contributed by atoms with E-state index in [-0.39, 0.29) is 5.65 Å². The molecule has 114 valence electrons. The molecular weight excluding hydrogens is 319 g/mol. The lowest BCUT2D eigenvalue weighted by molar-refractivity contribution is -0.141. The highest BCUT2D eigenvalue weighted by Crippen LogP contribution is 2.31. The van der Waals surface area contributed by atoms with Crippen molar-refractivity contribution in [2.75, 3.05) is 0 Å². The van der Waals surface area contributed by atoms with Crippen LogP contribution in [0.5, 0.6) is 0 Å². The largest absolute Gasteiger partial charge is 0.433 e. The van der Waals surface area contributed by atoms with Crippen molar-refractivity contribution in [3.63, 3.8) is 0 Å². The maximum absolute atomic E-state index is 12.9. The van der Waals surface area contributed by atoms with E-state index in [1.807, 2.05) is 0 Å². The Balaban J connectivity index is 2.35. The first-order chi connectivity index (χ1) is 10.3. The van der Waals surface area contributed by atoms with E-state index in [9.17, 15) is 18.0 Å². The van der Waals surface area contributed by atoms with Crippen LogP contribution in [0.1, 0.15) is 11.4 Å². The number of benzene rings is 1. The van der Waals surface area contributed by atoms with Gasteiger partial charge in [-0.3, -0.25) is 9.89 Å². The molecule has 2 aromatic heterocycles. The Morgan fingerprint density at radius 3 is 2.45 bits per heavy atom. The van der Waals surface area contributed by atoms with Crippen LogP contribution in [-0.4, -0.2) is 14.6 Å². The first-order valence-electron chi connectivity index (χ1n) is 6.23. The van der Waals surface area contributed by atoms with Crippen molar-refractivity contribution >= 4 is 17.2 Å². The molecule has 3 aromatic rings. The van der Waals surface area contributed by atoms with Crippen LogP contribution < -0.4 is 5.56 Å². The van der Waals surface area contributed by atoms with Crippen LogP contribution in [0.2, 0.25) is 5.02 Å². The number of nitrogens with one attached hydrogen (secondary N) is 1. The first kappa shape index (κ1) is 14.6. The molecule has 0 aliphatic carbocycles. The van der Waals surface area contributed by atoms with E-state index in [0.29, 0.717) is 27.9 Å². The summed E-state index contributed by atoms with van der Waals surface area (Å²) in [5, 5.41) is 3.23. The minimum Gasteiger partial charge on any atom is -0.293 e. The summed E-state index contributed by atoms with van der Waals surface area (Å²) < 4.78 is 39.5. The molecular formula is C14H9ClF3N3O. The van der Waals surface area contributed by atoms with Gasteiger partial charge in [-0.2, -0.15) is 13.2 Å². The Kier molecular flexibility index (Phi) is 3.25. The summed E-state index contributed by atoms with van der Waals surface area (Å²) in [7, 11) is 0. The fourth-order valence-corrected chi connectivity index (χ4v) is 2.38. The third-order valence-corrected chi connectivity index (χ3v) is 3.47. The van der Waals surface area contributed by atoms with Crippen LogP contribution in [0.4, 0.5) is 13.2 Å². The van der Waals surface area contributed by atoms with E-state index >= 15 is 0 Å². The Morgan fingerprint density at radius 1 is 1.23 bits per heavy atom. The number of aromatic amines is 1. The molecule has 22 heavy (non-hydrogen) atoms. The fraction of sp³-hybridized carbons (Fsp3) is 0.143. The third kappa shape index (κ3) is 2.37. The molecule has 0 aliphatic heterocycles. The van der Waals surface area contributed by atoms with Crippen molar-refractivity contribution in [2.45, 2.75) is 13.1 Å². The Labute approximate surface area is 127 Å². The Hall–Kier alpha value is -2.28. The maximum Gasteiger partial charge on any atom is 0.433 e. The minimum atomic E-state index is -4.68. The number of nitrogens with zero attached hydrogens (tertiary/aromatic N) is 2. The van der Waals surface area contributed by atoms with Crippen LogP contribution in [-0.2, 0) is 6.18 Å². The smallest absolute Gasteiger partial charge is 0.293 e. The molecule has 1 N–H and O–H groups in total. The number of fused-ring (bicyclic) bond motifs is 1. The van der Waals surface area contributed by atoms with Gasteiger partial charge in [-0.05, 0) is 24.6 Å². The number of aromatic nitrogens is 3. The standard InChI is InChI=1S/C14H9ClF3N3O/c1-7-12(8-2-4-9(15)5-3-8)13-19-10(14(16,17)18)6-11(22)21(13)20-7/h2-6,20H,1H3. The highest BCUT2D eigenvalue weighted by Gasteiger charge is 2.34. The van der Waals surface area contributed by atoms with Crippen LogP contribution in [0.15, 0.2) is 35.1 Å². The van der Waals surface area contributed by atoms with E-state index < -0.39 is 17.4 Å². The molecule has 0 unspecified atom stereocenters. The predicted octanol–water partition coefficient (Wildman–Crippen LogP) is 3.67. The second-order valence-corrected chi connectivity index (χ2v) is 5.19. The number of halogens is 4. The molecule has 0 atom stereocenters. The minimum absolute atomic E-state index is 0.0698. The molecule has 0 saturated carbocycles. The number of aryl methyl sites for hydroxylation is 1. The lowest BCUT2D eigenvalue weighted by Gasteiger charge is -2.06. The molecule has 3 rings (SSSR count). The summed E-state index contributed by atoms with van der Waals surface area (Å²) in [6.45, 7) is 1.66. The van der Waals surface area contributed by atoms with E-state index in [4.69, 9.17) is 11.6 Å². The lowest BCUT2D eigenvalue weighted by atomic mass is 10.1. The average molecular weight is 328 g/mol. The van der Waals surface area contributed by atoms with Crippen LogP contribution >= 0.6 is 11.6 Å². The first-order valence-corrected chi connectivity index (χ1v) is 6.60. The van der Waals surface area contributed by atoms with E-state index in [1.54, 1.807) is 31.2 Å². The Morgan fingerprint density at radius 2 is 1.86 bits per heavy atom. The topological polar surface area (TPSA) is 50.2 Å². The maximum atomic E-state index is 12.9. The normalized spacial score (nSPS) is 12.0. The van der Waals surface area contributed by atoms with Gasteiger partial charge in [0.25, 0.3) is 5.56 Å². The van der Waals surface area contributed by atoms with Crippen molar-refractivity contribution < 1.29 is 13.2 Å². The van der Waals surface area contributed by atoms with Crippen molar-refractivity contribution in [3.05, 3.63) is 57.1 Å². The SMILES string of the molecule is Cc1[nH]n2c(=O)cc(C(F)(F)F)nc2c1-c1ccc(Cl)cc1. The summed E-state index contributed by atoms with van der Waals surface area (Å²) in [6, 6.07) is 7.02. The molecule has 0 saturated heterocycles. The molecule has 0 aliphatic rings. The quantitative estimate of drug-likeness (QED) is 0.741. The summed E-state index contributed by atoms with van der Waals surface area (Å²) in [4.78, 5) is 15.5. The van der Waals surface area contributed by atoms with Gasteiger partial charge in [0.1, 0.15) is 0 Å². The molecule has 0 spiro atoms. The van der Waals surface area contributed by atoms with E-state index in [1.165, 1.54) is 0 Å². The van der Waals surface area contributed by atoms with Gasteiger partial charge in [-0.15, -0.1) is 0 Å². The van der Waals surface area contributed by atoms with Gasteiger partial charge >= 0.3 is 6.18 Å².